The van der Waals surface area contributed by atoms with Crippen molar-refractivity contribution in [3.63, 3.8) is 0 Å². The number of unbranched alkanes of at least 4 members (excludes halogenated alkanes) is 7. The molecule has 4 nitrogen and oxygen atoms in total. The first-order chi connectivity index (χ1) is 10.5. The van der Waals surface area contributed by atoms with Gasteiger partial charge in [-0.25, -0.2) is 0 Å². The molecule has 0 N–H and O–H groups in total. The van der Waals surface area contributed by atoms with Gasteiger partial charge in [-0.05, 0) is 26.2 Å². The van der Waals surface area contributed by atoms with Gasteiger partial charge in [0.25, 0.3) is 10.1 Å². The fourth-order valence-corrected chi connectivity index (χ4v) is 3.79. The van der Waals surface area contributed by atoms with E-state index in [0.717, 1.165) is 12.8 Å². The van der Waals surface area contributed by atoms with Crippen LogP contribution in [0, 0.1) is 0 Å². The quantitative estimate of drug-likeness (QED) is 0.293. The van der Waals surface area contributed by atoms with E-state index in [4.69, 9.17) is 4.18 Å². The van der Waals surface area contributed by atoms with E-state index in [0.29, 0.717) is 6.61 Å². The summed E-state index contributed by atoms with van der Waals surface area (Å²) in [5.74, 6) is 0.0742. The van der Waals surface area contributed by atoms with Crippen molar-refractivity contribution >= 4 is 10.1 Å². The molecule has 0 aromatic heterocycles. The standard InChI is InChI=1S/C17H36NO3S/c1-3-22(19,20)21-17-13-9-7-5-4-6-8-10-14-18(2)15-11-12-16-18/h3-17H2,1-2H3/q+1. The van der Waals surface area contributed by atoms with E-state index in [2.05, 4.69) is 7.05 Å². The second kappa shape index (κ2) is 10.6. The van der Waals surface area contributed by atoms with E-state index in [1.165, 1.54) is 75.5 Å². The Hall–Kier alpha value is -0.130. The fourth-order valence-electron chi connectivity index (χ4n) is 3.25. The van der Waals surface area contributed by atoms with Crippen LogP contribution in [0.1, 0.15) is 71.1 Å². The Labute approximate surface area is 137 Å². The lowest BCUT2D eigenvalue weighted by Gasteiger charge is -2.29. The summed E-state index contributed by atoms with van der Waals surface area (Å²) in [6.45, 7) is 6.10. The van der Waals surface area contributed by atoms with Crippen molar-refractivity contribution < 1.29 is 17.1 Å². The highest BCUT2D eigenvalue weighted by Crippen LogP contribution is 2.18. The number of likely N-dealkylation sites (tertiary alicyclic amines) is 1. The molecule has 1 saturated heterocycles. The fraction of sp³-hybridized carbons (Fsp3) is 1.00. The van der Waals surface area contributed by atoms with Crippen LogP contribution in [-0.4, -0.2) is 51.9 Å². The molecule has 22 heavy (non-hydrogen) atoms. The molecule has 132 valence electrons. The molecule has 1 heterocycles. The van der Waals surface area contributed by atoms with E-state index >= 15 is 0 Å². The Bertz CT molecular complexity index is 375. The predicted octanol–water partition coefficient (Wildman–Crippen LogP) is 3.71. The second-order valence-electron chi connectivity index (χ2n) is 6.99. The molecule has 0 atom stereocenters. The molecule has 0 bridgehead atoms. The van der Waals surface area contributed by atoms with Crippen molar-refractivity contribution in [2.45, 2.75) is 71.1 Å². The van der Waals surface area contributed by atoms with Gasteiger partial charge >= 0.3 is 0 Å². The van der Waals surface area contributed by atoms with Crippen molar-refractivity contribution in [3.8, 4) is 0 Å². The molecule has 0 aromatic carbocycles. The maximum atomic E-state index is 11.1. The SMILES string of the molecule is CCS(=O)(=O)OCCCCCCCCCC[N+]1(C)CCCC1. The van der Waals surface area contributed by atoms with Gasteiger partial charge in [0.05, 0.1) is 39.0 Å². The zero-order chi connectivity index (χ0) is 16.3. The topological polar surface area (TPSA) is 43.4 Å². The van der Waals surface area contributed by atoms with Gasteiger partial charge < -0.3 is 4.48 Å². The summed E-state index contributed by atoms with van der Waals surface area (Å²) < 4.78 is 28.4. The van der Waals surface area contributed by atoms with Gasteiger partial charge in [0.1, 0.15) is 0 Å². The average molecular weight is 335 g/mol. The first-order valence-corrected chi connectivity index (χ1v) is 10.8. The van der Waals surface area contributed by atoms with Crippen molar-refractivity contribution in [2.24, 2.45) is 0 Å². The first kappa shape index (κ1) is 19.9. The maximum Gasteiger partial charge on any atom is 0.267 e. The number of hydrogen-bond donors (Lipinski definition) is 0. The molecule has 0 radical (unpaired) electrons. The molecular formula is C17H36NO3S+. The summed E-state index contributed by atoms with van der Waals surface area (Å²) in [7, 11) is -0.830. The molecule has 0 amide bonds. The highest BCUT2D eigenvalue weighted by Gasteiger charge is 2.25. The van der Waals surface area contributed by atoms with E-state index in [1.807, 2.05) is 0 Å². The lowest BCUT2D eigenvalue weighted by Crippen LogP contribution is -2.41. The van der Waals surface area contributed by atoms with Gasteiger partial charge in [-0.2, -0.15) is 8.42 Å². The van der Waals surface area contributed by atoms with E-state index in [-0.39, 0.29) is 5.75 Å². The third kappa shape index (κ3) is 9.11. The van der Waals surface area contributed by atoms with E-state index in [1.54, 1.807) is 6.92 Å². The molecule has 1 aliphatic rings. The summed E-state index contributed by atoms with van der Waals surface area (Å²) in [5, 5.41) is 0. The third-order valence-corrected chi connectivity index (χ3v) is 6.09. The van der Waals surface area contributed by atoms with Gasteiger partial charge in [-0.3, -0.25) is 4.18 Å². The molecule has 0 unspecified atom stereocenters. The molecular weight excluding hydrogens is 298 g/mol. The summed E-state index contributed by atoms with van der Waals surface area (Å²) in [4.78, 5) is 0. The Balaban J connectivity index is 1.82. The van der Waals surface area contributed by atoms with E-state index < -0.39 is 10.1 Å². The monoisotopic (exact) mass is 334 g/mol. The first-order valence-electron chi connectivity index (χ1n) is 9.18. The highest BCUT2D eigenvalue weighted by atomic mass is 32.2. The zero-order valence-electron chi connectivity index (χ0n) is 14.7. The van der Waals surface area contributed by atoms with Gasteiger partial charge in [-0.15, -0.1) is 0 Å². The van der Waals surface area contributed by atoms with E-state index in [9.17, 15) is 8.42 Å². The Kier molecular flexibility index (Phi) is 9.60. The van der Waals surface area contributed by atoms with Gasteiger partial charge in [0, 0.05) is 12.8 Å². The minimum Gasteiger partial charge on any atom is -0.326 e. The summed E-state index contributed by atoms with van der Waals surface area (Å²) >= 11 is 0. The third-order valence-electron chi connectivity index (χ3n) is 4.85. The maximum absolute atomic E-state index is 11.1. The number of nitrogens with zero attached hydrogens (tertiary/aromatic N) is 1. The lowest BCUT2D eigenvalue weighted by molar-refractivity contribution is -0.897. The largest absolute Gasteiger partial charge is 0.326 e. The Morgan fingerprint density at radius 3 is 1.91 bits per heavy atom. The summed E-state index contributed by atoms with van der Waals surface area (Å²) in [6.07, 6.45) is 12.6. The van der Waals surface area contributed by atoms with Crippen molar-refractivity contribution in [1.29, 1.82) is 0 Å². The van der Waals surface area contributed by atoms with Crippen LogP contribution in [0.3, 0.4) is 0 Å². The minimum absolute atomic E-state index is 0.0742. The van der Waals surface area contributed by atoms with Crippen LogP contribution in [-0.2, 0) is 14.3 Å². The van der Waals surface area contributed by atoms with Crippen LogP contribution in [0.25, 0.3) is 0 Å². The minimum atomic E-state index is -3.24. The van der Waals surface area contributed by atoms with Crippen LogP contribution in [0.5, 0.6) is 0 Å². The van der Waals surface area contributed by atoms with Crippen LogP contribution in [0.2, 0.25) is 0 Å². The number of quaternary nitrogens is 1. The molecule has 1 rings (SSSR count). The predicted molar refractivity (Wildman–Crippen MR) is 92.4 cm³/mol. The van der Waals surface area contributed by atoms with Crippen LogP contribution in [0.15, 0.2) is 0 Å². The number of hydrogen-bond acceptors (Lipinski definition) is 3. The molecule has 0 aliphatic carbocycles. The van der Waals surface area contributed by atoms with Crippen LogP contribution < -0.4 is 0 Å². The molecule has 1 aliphatic heterocycles. The Morgan fingerprint density at radius 2 is 1.36 bits per heavy atom. The van der Waals surface area contributed by atoms with Gasteiger partial charge in [0.15, 0.2) is 0 Å². The van der Waals surface area contributed by atoms with Crippen LogP contribution >= 0.6 is 0 Å². The molecule has 0 saturated carbocycles. The van der Waals surface area contributed by atoms with Crippen molar-refractivity contribution in [1.82, 2.24) is 0 Å². The summed E-state index contributed by atoms with van der Waals surface area (Å²) in [5.41, 5.74) is 0. The molecule has 5 heteroatoms. The number of rotatable bonds is 13. The smallest absolute Gasteiger partial charge is 0.267 e. The lowest BCUT2D eigenvalue weighted by atomic mass is 10.1. The highest BCUT2D eigenvalue weighted by molar-refractivity contribution is 7.86. The molecule has 0 aromatic rings. The Morgan fingerprint density at radius 1 is 0.864 bits per heavy atom. The van der Waals surface area contributed by atoms with Crippen molar-refractivity contribution in [2.75, 3.05) is 39.0 Å². The average Bonchev–Trinajstić information content (AvgIpc) is 2.91. The van der Waals surface area contributed by atoms with Crippen LogP contribution in [0.4, 0.5) is 0 Å². The van der Waals surface area contributed by atoms with Crippen molar-refractivity contribution in [3.05, 3.63) is 0 Å². The zero-order valence-corrected chi connectivity index (χ0v) is 15.5. The molecule has 0 spiro atoms. The second-order valence-corrected chi connectivity index (χ2v) is 8.92. The normalized spacial score (nSPS) is 17.9. The summed E-state index contributed by atoms with van der Waals surface area (Å²) in [6, 6.07) is 0. The van der Waals surface area contributed by atoms with Gasteiger partial charge in [0.2, 0.25) is 0 Å². The molecule has 1 fully saturated rings. The van der Waals surface area contributed by atoms with Gasteiger partial charge in [-0.1, -0.05) is 32.1 Å².